The van der Waals surface area contributed by atoms with Crippen molar-refractivity contribution >= 4 is 33.2 Å². The van der Waals surface area contributed by atoms with Crippen LogP contribution in [0.5, 0.6) is 0 Å². The first-order valence-corrected chi connectivity index (χ1v) is 9.71. The number of hydrogen-bond donors (Lipinski definition) is 1. The Labute approximate surface area is 144 Å². The van der Waals surface area contributed by atoms with Gasteiger partial charge in [-0.15, -0.1) is 11.3 Å². The summed E-state index contributed by atoms with van der Waals surface area (Å²) in [7, 11) is 1.89. The van der Waals surface area contributed by atoms with Gasteiger partial charge in [-0.25, -0.2) is 0 Å². The van der Waals surface area contributed by atoms with Crippen molar-refractivity contribution in [1.29, 1.82) is 0 Å². The first-order chi connectivity index (χ1) is 10.7. The molecule has 1 N–H and O–H groups in total. The monoisotopic (exact) mass is 383 g/mol. The van der Waals surface area contributed by atoms with Gasteiger partial charge in [0.2, 0.25) is 0 Å². The molecule has 4 atom stereocenters. The number of halogens is 1. The highest BCUT2D eigenvalue weighted by molar-refractivity contribution is 9.11. The number of likely N-dealkylation sites (tertiary alicyclic amines) is 1. The lowest BCUT2D eigenvalue weighted by Crippen LogP contribution is -2.42. The minimum atomic E-state index is 0.515. The zero-order chi connectivity index (χ0) is 15.1. The number of nitrogens with zero attached hydrogens (tertiary/aromatic N) is 2. The number of guanidine groups is 1. The fraction of sp³-hybridized carbons (Fsp3) is 0.688. The van der Waals surface area contributed by atoms with Gasteiger partial charge >= 0.3 is 0 Å². The predicted octanol–water partition coefficient (Wildman–Crippen LogP) is 2.74. The molecule has 22 heavy (non-hydrogen) atoms. The number of aliphatic imine (C=N–C) groups is 1. The zero-order valence-electron chi connectivity index (χ0n) is 12.8. The van der Waals surface area contributed by atoms with E-state index in [2.05, 4.69) is 43.3 Å². The molecule has 0 aliphatic carbocycles. The number of ether oxygens (including phenoxy) is 1. The highest BCUT2D eigenvalue weighted by atomic mass is 79.9. The topological polar surface area (TPSA) is 36.9 Å². The summed E-state index contributed by atoms with van der Waals surface area (Å²) in [6.07, 6.45) is 4.60. The van der Waals surface area contributed by atoms with Gasteiger partial charge in [0.05, 0.1) is 16.0 Å². The minimum Gasteiger partial charge on any atom is -0.374 e. The van der Waals surface area contributed by atoms with Crippen molar-refractivity contribution in [2.75, 3.05) is 26.7 Å². The van der Waals surface area contributed by atoms with E-state index in [0.29, 0.717) is 12.2 Å². The lowest BCUT2D eigenvalue weighted by molar-refractivity contribution is 0.0767. The maximum absolute atomic E-state index is 6.05. The summed E-state index contributed by atoms with van der Waals surface area (Å²) in [5.41, 5.74) is 0. The van der Waals surface area contributed by atoms with E-state index in [4.69, 9.17) is 4.74 Å². The molecule has 0 radical (unpaired) electrons. The van der Waals surface area contributed by atoms with Crippen molar-refractivity contribution < 1.29 is 4.74 Å². The van der Waals surface area contributed by atoms with Gasteiger partial charge in [0.25, 0.3) is 0 Å². The van der Waals surface area contributed by atoms with Crippen LogP contribution in [0, 0.1) is 11.8 Å². The molecule has 0 saturated carbocycles. The number of nitrogens with one attached hydrogen (secondary N) is 1. The van der Waals surface area contributed by atoms with Gasteiger partial charge < -0.3 is 15.0 Å². The average molecular weight is 384 g/mol. The third kappa shape index (κ3) is 2.69. The number of hydrogen-bond acceptors (Lipinski definition) is 3. The van der Waals surface area contributed by atoms with Gasteiger partial charge in [-0.2, -0.15) is 0 Å². The summed E-state index contributed by atoms with van der Waals surface area (Å²) in [5.74, 6) is 2.51. The fourth-order valence-electron chi connectivity index (χ4n) is 4.25. The van der Waals surface area contributed by atoms with Crippen LogP contribution in [0.2, 0.25) is 0 Å². The van der Waals surface area contributed by atoms with E-state index in [1.54, 1.807) is 0 Å². The van der Waals surface area contributed by atoms with E-state index in [-0.39, 0.29) is 0 Å². The molecule has 120 valence electrons. The van der Waals surface area contributed by atoms with E-state index in [1.807, 2.05) is 18.4 Å². The van der Waals surface area contributed by atoms with Crippen molar-refractivity contribution in [3.63, 3.8) is 0 Å². The molecule has 2 bridgehead atoms. The standard InChI is InChI=1S/C16H22BrN3OS/c1-18-16(19-7-6-10-2-5-15(17)22-10)20-8-11-12(9-20)14-4-3-13(11)21-14/h2,5,11-14H,3-4,6-9H2,1H3,(H,18,19). The molecule has 3 aliphatic heterocycles. The van der Waals surface area contributed by atoms with E-state index < -0.39 is 0 Å². The molecule has 3 aliphatic rings. The highest BCUT2D eigenvalue weighted by Crippen LogP contribution is 2.47. The molecule has 1 aromatic rings. The van der Waals surface area contributed by atoms with Gasteiger partial charge in [0, 0.05) is 43.4 Å². The molecule has 4 unspecified atom stereocenters. The maximum Gasteiger partial charge on any atom is 0.193 e. The van der Waals surface area contributed by atoms with Gasteiger partial charge in [-0.05, 0) is 47.3 Å². The summed E-state index contributed by atoms with van der Waals surface area (Å²) in [4.78, 5) is 8.33. The molecule has 4 heterocycles. The van der Waals surface area contributed by atoms with Gasteiger partial charge in [-0.3, -0.25) is 4.99 Å². The Morgan fingerprint density at radius 2 is 2.09 bits per heavy atom. The van der Waals surface area contributed by atoms with Crippen molar-refractivity contribution in [1.82, 2.24) is 10.2 Å². The van der Waals surface area contributed by atoms with Crippen LogP contribution in [0.15, 0.2) is 20.9 Å². The van der Waals surface area contributed by atoms with Crippen molar-refractivity contribution in [3.05, 3.63) is 20.8 Å². The number of rotatable bonds is 3. The van der Waals surface area contributed by atoms with Crippen LogP contribution in [0.3, 0.4) is 0 Å². The number of fused-ring (bicyclic) bond motifs is 5. The lowest BCUT2D eigenvalue weighted by Gasteiger charge is -2.23. The second-order valence-corrected chi connectivity index (χ2v) is 9.00. The second kappa shape index (κ2) is 6.13. The van der Waals surface area contributed by atoms with Crippen LogP contribution in [-0.2, 0) is 11.2 Å². The third-order valence-corrected chi connectivity index (χ3v) is 6.93. The third-order valence-electron chi connectivity index (χ3n) is 5.25. The summed E-state index contributed by atoms with van der Waals surface area (Å²) in [6, 6.07) is 4.31. The van der Waals surface area contributed by atoms with Crippen LogP contribution < -0.4 is 5.32 Å². The molecule has 3 saturated heterocycles. The van der Waals surface area contributed by atoms with Gasteiger partial charge in [0.1, 0.15) is 0 Å². The Balaban J connectivity index is 1.31. The molecule has 3 fully saturated rings. The van der Waals surface area contributed by atoms with Crippen molar-refractivity contribution in [2.24, 2.45) is 16.8 Å². The lowest BCUT2D eigenvalue weighted by atomic mass is 9.82. The summed E-state index contributed by atoms with van der Waals surface area (Å²) in [5, 5.41) is 3.53. The Morgan fingerprint density at radius 3 is 2.68 bits per heavy atom. The van der Waals surface area contributed by atoms with Crippen LogP contribution in [0.1, 0.15) is 17.7 Å². The van der Waals surface area contributed by atoms with Gasteiger partial charge in [-0.1, -0.05) is 0 Å². The van der Waals surface area contributed by atoms with Crippen LogP contribution in [0.4, 0.5) is 0 Å². The molecule has 1 aromatic heterocycles. The molecular formula is C16H22BrN3OS. The molecule has 6 heteroatoms. The van der Waals surface area contributed by atoms with Gasteiger partial charge in [0.15, 0.2) is 5.96 Å². The second-order valence-electron chi connectivity index (χ2n) is 6.45. The summed E-state index contributed by atoms with van der Waals surface area (Å²) < 4.78 is 7.26. The van der Waals surface area contributed by atoms with Crippen LogP contribution in [0.25, 0.3) is 0 Å². The Morgan fingerprint density at radius 1 is 1.36 bits per heavy atom. The van der Waals surface area contributed by atoms with E-state index in [0.717, 1.165) is 43.9 Å². The molecule has 0 aromatic carbocycles. The number of thiophene rings is 1. The van der Waals surface area contributed by atoms with E-state index in [9.17, 15) is 0 Å². The van der Waals surface area contributed by atoms with Crippen LogP contribution in [-0.4, -0.2) is 49.7 Å². The minimum absolute atomic E-state index is 0.515. The Hall–Kier alpha value is -0.590. The average Bonchev–Trinajstić information content (AvgIpc) is 3.25. The smallest absolute Gasteiger partial charge is 0.193 e. The first-order valence-electron chi connectivity index (χ1n) is 8.10. The summed E-state index contributed by atoms with van der Waals surface area (Å²) >= 11 is 5.33. The zero-order valence-corrected chi connectivity index (χ0v) is 15.2. The predicted molar refractivity (Wildman–Crippen MR) is 93.5 cm³/mol. The SMILES string of the molecule is CN=C(NCCc1ccc(Br)s1)N1CC2C3CCC(O3)C2C1. The maximum atomic E-state index is 6.05. The Bertz CT molecular complexity index is 557. The molecule has 4 rings (SSSR count). The highest BCUT2D eigenvalue weighted by Gasteiger charge is 2.53. The van der Waals surface area contributed by atoms with E-state index in [1.165, 1.54) is 21.5 Å². The summed E-state index contributed by atoms with van der Waals surface area (Å²) in [6.45, 7) is 3.15. The molecule has 0 amide bonds. The normalized spacial score (nSPS) is 33.5. The van der Waals surface area contributed by atoms with Crippen LogP contribution >= 0.6 is 27.3 Å². The molecule has 4 nitrogen and oxygen atoms in total. The first kappa shape index (κ1) is 15.0. The van der Waals surface area contributed by atoms with Crippen molar-refractivity contribution in [2.45, 2.75) is 31.5 Å². The molecule has 0 spiro atoms. The quantitative estimate of drug-likeness (QED) is 0.643. The fourth-order valence-corrected chi connectivity index (χ4v) is 5.73. The van der Waals surface area contributed by atoms with E-state index >= 15 is 0 Å². The largest absolute Gasteiger partial charge is 0.374 e. The van der Waals surface area contributed by atoms with Crippen molar-refractivity contribution in [3.8, 4) is 0 Å². The molecular weight excluding hydrogens is 362 g/mol. The Kier molecular flexibility index (Phi) is 4.17.